The van der Waals surface area contributed by atoms with E-state index in [1.54, 1.807) is 0 Å². The summed E-state index contributed by atoms with van der Waals surface area (Å²) >= 11 is 0. The molecule has 4 rings (SSSR count). The van der Waals surface area contributed by atoms with E-state index in [9.17, 15) is 23.8 Å². The molecule has 0 spiro atoms. The van der Waals surface area contributed by atoms with E-state index in [2.05, 4.69) is 0 Å². The van der Waals surface area contributed by atoms with Gasteiger partial charge in [0.1, 0.15) is 13.2 Å². The second-order valence-electron chi connectivity index (χ2n) is 7.21. The minimum atomic E-state index is -0.932. The average Bonchev–Trinajstić information content (AvgIpc) is 3.13. The number of aliphatic hydroxyl groups excluding tert-OH is 1. The molecule has 1 aliphatic heterocycles. The topological polar surface area (TPSA) is 76.0 Å². The molecule has 0 unspecified atom stereocenters. The van der Waals surface area contributed by atoms with E-state index >= 15 is 0 Å². The number of quaternary nitrogens is 1. The number of benzene rings is 3. The van der Waals surface area contributed by atoms with Crippen molar-refractivity contribution in [2.75, 3.05) is 13.2 Å². The number of halogens is 2. The van der Waals surface area contributed by atoms with Gasteiger partial charge in [-0.1, -0.05) is 30.3 Å². The van der Waals surface area contributed by atoms with Crippen LogP contribution in [-0.2, 0) is 11.3 Å². The monoisotopic (exact) mass is 428 g/mol. The first-order valence-corrected chi connectivity index (χ1v) is 9.60. The Morgan fingerprint density at radius 2 is 1.68 bits per heavy atom. The van der Waals surface area contributed by atoms with Gasteiger partial charge in [-0.3, -0.25) is 0 Å². The van der Waals surface area contributed by atoms with Crippen LogP contribution in [0.3, 0.4) is 0 Å². The van der Waals surface area contributed by atoms with Crippen molar-refractivity contribution in [1.82, 2.24) is 4.48 Å². The Labute approximate surface area is 177 Å². The Bertz CT molecular complexity index is 1110. The number of phenols is 1. The number of aromatic hydroxyl groups is 1. The van der Waals surface area contributed by atoms with Crippen molar-refractivity contribution in [1.29, 1.82) is 0 Å². The maximum atomic E-state index is 14.9. The van der Waals surface area contributed by atoms with Gasteiger partial charge in [-0.2, -0.15) is 9.28 Å². The number of ether oxygens (including phenoxy) is 2. The summed E-state index contributed by atoms with van der Waals surface area (Å²) in [6.07, 6.45) is -1.64. The lowest BCUT2D eigenvalue weighted by molar-refractivity contribution is 0.0954. The van der Waals surface area contributed by atoms with Crippen LogP contribution in [0.15, 0.2) is 66.7 Å². The molecule has 0 bridgehead atoms. The van der Waals surface area contributed by atoms with Crippen molar-refractivity contribution in [3.63, 3.8) is 0 Å². The number of phenolic OH excluding ortho intramolecular Hbond substituents is 1. The lowest BCUT2D eigenvalue weighted by Gasteiger charge is -2.27. The first-order chi connectivity index (χ1) is 14.9. The predicted octanol–water partition coefficient (Wildman–Crippen LogP) is 4.40. The third-order valence-corrected chi connectivity index (χ3v) is 5.23. The molecular weight excluding hydrogens is 408 g/mol. The van der Waals surface area contributed by atoms with Crippen molar-refractivity contribution >= 4 is 17.5 Å². The molecule has 0 saturated carbocycles. The van der Waals surface area contributed by atoms with Crippen LogP contribution in [0.4, 0.5) is 25.0 Å². The van der Waals surface area contributed by atoms with E-state index in [1.807, 2.05) is 30.3 Å². The van der Waals surface area contributed by atoms with Crippen LogP contribution in [0.1, 0.15) is 5.56 Å². The average molecular weight is 428 g/mol. The first kappa shape index (κ1) is 20.8. The zero-order valence-electron chi connectivity index (χ0n) is 16.4. The van der Waals surface area contributed by atoms with Crippen molar-refractivity contribution in [3.05, 3.63) is 83.9 Å². The third kappa shape index (κ3) is 3.83. The molecule has 0 aliphatic carbocycles. The molecule has 1 aliphatic rings. The maximum Gasteiger partial charge on any atom is 0.527 e. The number of hydrogen-bond donors (Lipinski definition) is 2. The number of cyclic esters (lactones) is 1. The molecule has 1 saturated heterocycles. The summed E-state index contributed by atoms with van der Waals surface area (Å²) in [6, 6.07) is 16.7. The van der Waals surface area contributed by atoms with E-state index in [4.69, 9.17) is 9.47 Å². The molecule has 6 nitrogen and oxygen atoms in total. The van der Waals surface area contributed by atoms with Gasteiger partial charge in [0.15, 0.2) is 40.6 Å². The highest BCUT2D eigenvalue weighted by Crippen LogP contribution is 2.42. The van der Waals surface area contributed by atoms with Crippen LogP contribution < -0.4 is 9.22 Å². The minimum absolute atomic E-state index is 0.00564. The van der Waals surface area contributed by atoms with Crippen LogP contribution in [0.25, 0.3) is 0 Å². The Hall–Kier alpha value is -3.49. The Balaban J connectivity index is 1.71. The quantitative estimate of drug-likeness (QED) is 0.570. The van der Waals surface area contributed by atoms with E-state index in [0.29, 0.717) is 0 Å². The fourth-order valence-corrected chi connectivity index (χ4v) is 3.63. The SMILES string of the molecule is O=C1O[C@@H](CO)C[N@@+]1(c1ccc(O)c(F)c1)c1ccc(OCc2ccccc2)c(F)c1. The number of hydrogen-bond acceptors (Lipinski definition) is 5. The van der Waals surface area contributed by atoms with Gasteiger partial charge in [-0.25, -0.2) is 8.78 Å². The molecule has 31 heavy (non-hydrogen) atoms. The fourth-order valence-electron chi connectivity index (χ4n) is 3.63. The van der Waals surface area contributed by atoms with Gasteiger partial charge in [0.2, 0.25) is 0 Å². The molecule has 0 radical (unpaired) electrons. The normalized spacial score (nSPS) is 20.5. The molecule has 2 N–H and O–H groups in total. The van der Waals surface area contributed by atoms with Crippen molar-refractivity contribution in [2.45, 2.75) is 12.7 Å². The summed E-state index contributed by atoms with van der Waals surface area (Å²) in [7, 11) is 0. The van der Waals surface area contributed by atoms with E-state index in [0.717, 1.165) is 23.8 Å². The van der Waals surface area contributed by atoms with Gasteiger partial charge in [0.25, 0.3) is 0 Å². The first-order valence-electron chi connectivity index (χ1n) is 9.60. The highest BCUT2D eigenvalue weighted by atomic mass is 19.1. The second kappa shape index (κ2) is 8.33. The number of aliphatic hydroxyl groups is 1. The van der Waals surface area contributed by atoms with Gasteiger partial charge in [-0.05, 0) is 17.7 Å². The van der Waals surface area contributed by atoms with Crippen LogP contribution in [0.2, 0.25) is 0 Å². The highest BCUT2D eigenvalue weighted by molar-refractivity contribution is 5.92. The second-order valence-corrected chi connectivity index (χ2v) is 7.21. The number of rotatable bonds is 6. The predicted molar refractivity (Wildman–Crippen MR) is 109 cm³/mol. The summed E-state index contributed by atoms with van der Waals surface area (Å²) in [5, 5.41) is 19.0. The number of carbonyl (C=O) groups is 1. The zero-order valence-corrected chi connectivity index (χ0v) is 16.4. The maximum absolute atomic E-state index is 14.9. The molecule has 1 fully saturated rings. The van der Waals surface area contributed by atoms with Crippen LogP contribution in [0, 0.1) is 11.6 Å². The molecule has 1 amide bonds. The molecule has 8 heteroatoms. The standard InChI is InChI=1S/C23H19F2NO5/c24-19-10-16(6-8-21(19)28)26(12-18(13-27)31-23(26)29)17-7-9-22(20(25)11-17)30-14-15-4-2-1-3-5-15/h1-11,18,27H,12-14H2/p+1/t18-,26-/m1/s1. The van der Waals surface area contributed by atoms with Crippen molar-refractivity contribution in [2.24, 2.45) is 0 Å². The summed E-state index contributed by atoms with van der Waals surface area (Å²) in [4.78, 5) is 12.9. The van der Waals surface area contributed by atoms with E-state index in [1.165, 1.54) is 18.2 Å². The van der Waals surface area contributed by atoms with Gasteiger partial charge in [-0.15, -0.1) is 0 Å². The Kier molecular flexibility index (Phi) is 5.58. The smallest absolute Gasteiger partial charge is 0.505 e. The highest BCUT2D eigenvalue weighted by Gasteiger charge is 2.53. The summed E-state index contributed by atoms with van der Waals surface area (Å²) in [5.41, 5.74) is 1.17. The minimum Gasteiger partial charge on any atom is -0.505 e. The molecule has 0 aromatic heterocycles. The molecular formula is C23H20F2NO5+. The molecule has 3 aromatic rings. The Morgan fingerprint density at radius 3 is 2.29 bits per heavy atom. The summed E-state index contributed by atoms with van der Waals surface area (Å²) in [5.74, 6) is -2.22. The van der Waals surface area contributed by atoms with Crippen molar-refractivity contribution in [3.8, 4) is 11.5 Å². The lowest BCUT2D eigenvalue weighted by atomic mass is 10.1. The zero-order chi connectivity index (χ0) is 22.0. The van der Waals surface area contributed by atoms with Crippen LogP contribution >= 0.6 is 0 Å². The van der Waals surface area contributed by atoms with Gasteiger partial charge >= 0.3 is 6.09 Å². The van der Waals surface area contributed by atoms with Gasteiger partial charge in [0, 0.05) is 24.3 Å². The van der Waals surface area contributed by atoms with Gasteiger partial charge in [0.05, 0.1) is 6.61 Å². The van der Waals surface area contributed by atoms with Crippen molar-refractivity contribution < 1.29 is 33.3 Å². The molecule has 1 heterocycles. The number of amides is 1. The van der Waals surface area contributed by atoms with E-state index < -0.39 is 40.7 Å². The molecule has 3 aromatic carbocycles. The number of nitrogens with zero attached hydrogens (tertiary/aromatic N) is 1. The van der Waals surface area contributed by atoms with E-state index in [-0.39, 0.29) is 30.3 Å². The third-order valence-electron chi connectivity index (χ3n) is 5.23. The van der Waals surface area contributed by atoms with Crippen LogP contribution in [-0.4, -0.2) is 35.6 Å². The summed E-state index contributed by atoms with van der Waals surface area (Å²) < 4.78 is 39.1. The van der Waals surface area contributed by atoms with Gasteiger partial charge < -0.3 is 19.7 Å². The molecule has 2 atom stereocenters. The Morgan fingerprint density at radius 1 is 1.00 bits per heavy atom. The summed E-state index contributed by atoms with van der Waals surface area (Å²) in [6.45, 7) is -0.342. The lowest BCUT2D eigenvalue weighted by Crippen LogP contribution is -2.46. The fraction of sp³-hybridized carbons (Fsp3) is 0.174. The number of carbonyl (C=O) groups excluding carboxylic acids is 1. The van der Waals surface area contributed by atoms with Crippen LogP contribution in [0.5, 0.6) is 11.5 Å². The molecule has 160 valence electrons. The largest absolute Gasteiger partial charge is 0.527 e.